The van der Waals surface area contributed by atoms with Crippen LogP contribution >= 0.6 is 0 Å². The molecular weight excluding hydrogens is 486 g/mol. The normalized spacial score (nSPS) is 13.1. The third kappa shape index (κ3) is 8.88. The standard InChI is InChI=1S/C29H43N3O4S/c1-8-24(6)30-29(34)27(9-2)31(20-25-14-11-10-13-23(25)5)28(33)15-12-16-32(37(7,35)36)26-18-21(3)17-22(4)19-26/h10-11,13-14,17-19,24,27H,8-9,12,15-16,20H2,1-7H3,(H,30,34). The van der Waals surface area contributed by atoms with E-state index in [1.54, 1.807) is 4.90 Å². The second-order valence-electron chi connectivity index (χ2n) is 9.97. The van der Waals surface area contributed by atoms with Crippen molar-refractivity contribution in [1.29, 1.82) is 0 Å². The van der Waals surface area contributed by atoms with Crippen molar-refractivity contribution in [2.75, 3.05) is 17.1 Å². The number of amides is 2. The summed E-state index contributed by atoms with van der Waals surface area (Å²) in [5.41, 5.74) is 4.59. The van der Waals surface area contributed by atoms with Crippen molar-refractivity contribution in [2.45, 2.75) is 85.9 Å². The predicted octanol–water partition coefficient (Wildman–Crippen LogP) is 4.88. The predicted molar refractivity (Wildman–Crippen MR) is 151 cm³/mol. The van der Waals surface area contributed by atoms with Crippen LogP contribution in [0.25, 0.3) is 0 Å². The molecule has 0 saturated carbocycles. The third-order valence-electron chi connectivity index (χ3n) is 6.64. The van der Waals surface area contributed by atoms with Crippen LogP contribution in [0.2, 0.25) is 0 Å². The molecule has 2 rings (SSSR count). The smallest absolute Gasteiger partial charge is 0.243 e. The number of carbonyl (C=O) groups excluding carboxylic acids is 2. The van der Waals surface area contributed by atoms with Crippen molar-refractivity contribution in [3.63, 3.8) is 0 Å². The van der Waals surface area contributed by atoms with Crippen LogP contribution < -0.4 is 9.62 Å². The quantitative estimate of drug-likeness (QED) is 0.401. The van der Waals surface area contributed by atoms with Gasteiger partial charge in [-0.2, -0.15) is 0 Å². The van der Waals surface area contributed by atoms with Crippen molar-refractivity contribution in [2.24, 2.45) is 0 Å². The maximum atomic E-state index is 13.6. The molecule has 0 bridgehead atoms. The number of hydrogen-bond acceptors (Lipinski definition) is 4. The average Bonchev–Trinajstić information content (AvgIpc) is 2.81. The first-order chi connectivity index (χ1) is 17.4. The Hall–Kier alpha value is -2.87. The summed E-state index contributed by atoms with van der Waals surface area (Å²) in [6.45, 7) is 12.2. The molecule has 2 amide bonds. The Morgan fingerprint density at radius 1 is 0.973 bits per heavy atom. The van der Waals surface area contributed by atoms with E-state index >= 15 is 0 Å². The highest BCUT2D eigenvalue weighted by atomic mass is 32.2. The molecule has 8 heteroatoms. The van der Waals surface area contributed by atoms with Gasteiger partial charge in [-0.05, 0) is 81.3 Å². The number of anilines is 1. The highest BCUT2D eigenvalue weighted by molar-refractivity contribution is 7.92. The highest BCUT2D eigenvalue weighted by Gasteiger charge is 2.29. The van der Waals surface area contributed by atoms with Crippen LogP contribution in [0.15, 0.2) is 42.5 Å². The minimum atomic E-state index is -3.53. The fourth-order valence-corrected chi connectivity index (χ4v) is 5.38. The van der Waals surface area contributed by atoms with Gasteiger partial charge in [0, 0.05) is 25.6 Å². The third-order valence-corrected chi connectivity index (χ3v) is 7.83. The monoisotopic (exact) mass is 529 g/mol. The van der Waals surface area contributed by atoms with Crippen LogP contribution in [0.5, 0.6) is 0 Å². The SMILES string of the molecule is CCC(C)NC(=O)C(CC)N(Cc1ccccc1C)C(=O)CCCN(c1cc(C)cc(C)c1)S(C)(=O)=O. The lowest BCUT2D eigenvalue weighted by molar-refractivity contribution is -0.141. The Kier molecular flexibility index (Phi) is 11.2. The van der Waals surface area contributed by atoms with E-state index in [1.165, 1.54) is 10.6 Å². The minimum Gasteiger partial charge on any atom is -0.352 e. The summed E-state index contributed by atoms with van der Waals surface area (Å²) >= 11 is 0. The number of nitrogens with one attached hydrogen (secondary N) is 1. The number of carbonyl (C=O) groups is 2. The molecule has 0 saturated heterocycles. The maximum Gasteiger partial charge on any atom is 0.243 e. The van der Waals surface area contributed by atoms with E-state index in [0.717, 1.165) is 28.7 Å². The van der Waals surface area contributed by atoms with Crippen molar-refractivity contribution in [3.8, 4) is 0 Å². The molecule has 1 N–H and O–H groups in total. The molecule has 2 aromatic carbocycles. The van der Waals surface area contributed by atoms with Gasteiger partial charge < -0.3 is 10.2 Å². The number of aryl methyl sites for hydroxylation is 3. The van der Waals surface area contributed by atoms with E-state index < -0.39 is 16.1 Å². The molecule has 0 aromatic heterocycles. The molecule has 0 fully saturated rings. The first kappa shape index (κ1) is 30.4. The summed E-state index contributed by atoms with van der Waals surface area (Å²) in [7, 11) is -3.53. The fraction of sp³-hybridized carbons (Fsp3) is 0.517. The average molecular weight is 530 g/mol. The Bertz CT molecular complexity index is 1160. The highest BCUT2D eigenvalue weighted by Crippen LogP contribution is 2.23. The zero-order valence-corrected chi connectivity index (χ0v) is 24.2. The molecule has 204 valence electrons. The van der Waals surface area contributed by atoms with E-state index in [0.29, 0.717) is 25.1 Å². The van der Waals surface area contributed by atoms with Crippen molar-refractivity contribution in [1.82, 2.24) is 10.2 Å². The van der Waals surface area contributed by atoms with E-state index in [-0.39, 0.29) is 30.8 Å². The molecule has 0 aliphatic rings. The summed E-state index contributed by atoms with van der Waals surface area (Å²) in [6.07, 6.45) is 2.94. The summed E-state index contributed by atoms with van der Waals surface area (Å²) in [4.78, 5) is 28.4. The van der Waals surface area contributed by atoms with Crippen LogP contribution in [0.3, 0.4) is 0 Å². The molecule has 0 aliphatic carbocycles. The molecule has 0 radical (unpaired) electrons. The lowest BCUT2D eigenvalue weighted by atomic mass is 10.0. The van der Waals surface area contributed by atoms with E-state index in [9.17, 15) is 18.0 Å². The topological polar surface area (TPSA) is 86.8 Å². The molecule has 2 aromatic rings. The molecule has 7 nitrogen and oxygen atoms in total. The molecule has 0 heterocycles. The maximum absolute atomic E-state index is 13.6. The van der Waals surface area contributed by atoms with Crippen molar-refractivity contribution < 1.29 is 18.0 Å². The molecule has 0 aliphatic heterocycles. The zero-order valence-electron chi connectivity index (χ0n) is 23.4. The molecule has 0 spiro atoms. The van der Waals surface area contributed by atoms with Crippen molar-refractivity contribution >= 4 is 27.5 Å². The minimum absolute atomic E-state index is 0.0121. The second kappa shape index (κ2) is 13.6. The molecule has 2 unspecified atom stereocenters. The van der Waals surface area contributed by atoms with Gasteiger partial charge in [0.1, 0.15) is 6.04 Å². The summed E-state index contributed by atoms with van der Waals surface area (Å²) < 4.78 is 26.6. The number of benzene rings is 2. The largest absolute Gasteiger partial charge is 0.352 e. The van der Waals surface area contributed by atoms with Crippen LogP contribution in [0.4, 0.5) is 5.69 Å². The summed E-state index contributed by atoms with van der Waals surface area (Å²) in [5.74, 6) is -0.324. The van der Waals surface area contributed by atoms with Gasteiger partial charge in [-0.25, -0.2) is 8.42 Å². The first-order valence-electron chi connectivity index (χ1n) is 13.1. The number of rotatable bonds is 13. The second-order valence-corrected chi connectivity index (χ2v) is 11.9. The Balaban J connectivity index is 2.26. The molecular formula is C29H43N3O4S. The van der Waals surface area contributed by atoms with Gasteiger partial charge in [-0.3, -0.25) is 13.9 Å². The van der Waals surface area contributed by atoms with E-state index in [1.807, 2.05) is 84.0 Å². The number of nitrogens with zero attached hydrogens (tertiary/aromatic N) is 2. The van der Waals surface area contributed by atoms with Gasteiger partial charge in [0.2, 0.25) is 21.8 Å². The number of sulfonamides is 1. The van der Waals surface area contributed by atoms with E-state index in [4.69, 9.17) is 0 Å². The lowest BCUT2D eigenvalue weighted by Gasteiger charge is -2.32. The van der Waals surface area contributed by atoms with Crippen LogP contribution in [-0.2, 0) is 26.2 Å². The van der Waals surface area contributed by atoms with Gasteiger partial charge in [-0.1, -0.05) is 44.2 Å². The fourth-order valence-electron chi connectivity index (χ4n) is 4.43. The zero-order chi connectivity index (χ0) is 27.8. The van der Waals surface area contributed by atoms with Crippen LogP contribution in [-0.4, -0.2) is 50.0 Å². The lowest BCUT2D eigenvalue weighted by Crippen LogP contribution is -2.50. The van der Waals surface area contributed by atoms with Crippen LogP contribution in [0, 0.1) is 20.8 Å². The van der Waals surface area contributed by atoms with Gasteiger partial charge >= 0.3 is 0 Å². The van der Waals surface area contributed by atoms with E-state index in [2.05, 4.69) is 5.32 Å². The van der Waals surface area contributed by atoms with Gasteiger partial charge in [0.15, 0.2) is 0 Å². The summed E-state index contributed by atoms with van der Waals surface area (Å²) in [6, 6.07) is 12.9. The molecule has 37 heavy (non-hydrogen) atoms. The van der Waals surface area contributed by atoms with Gasteiger partial charge in [-0.15, -0.1) is 0 Å². The van der Waals surface area contributed by atoms with Crippen molar-refractivity contribution in [3.05, 3.63) is 64.7 Å². The van der Waals surface area contributed by atoms with Gasteiger partial charge in [0.25, 0.3) is 0 Å². The molecule has 2 atom stereocenters. The van der Waals surface area contributed by atoms with Gasteiger partial charge in [0.05, 0.1) is 11.9 Å². The van der Waals surface area contributed by atoms with Crippen LogP contribution in [0.1, 0.15) is 68.7 Å². The first-order valence-corrected chi connectivity index (χ1v) is 14.9. The Morgan fingerprint density at radius 3 is 2.14 bits per heavy atom. The Labute approximate surface area is 223 Å². The summed E-state index contributed by atoms with van der Waals surface area (Å²) in [5, 5.41) is 3.02. The Morgan fingerprint density at radius 2 is 1.59 bits per heavy atom. The number of hydrogen-bond donors (Lipinski definition) is 1.